The molecule has 0 aromatic heterocycles. The molecule has 1 spiro atoms. The number of carbonyl (C=O) groups is 12. The average Bonchev–Trinajstić information content (AvgIpc) is 1.23. The summed E-state index contributed by atoms with van der Waals surface area (Å²) in [4.78, 5) is 193. The van der Waals surface area contributed by atoms with E-state index in [1.807, 2.05) is 19.9 Å². The number of carbonyl (C=O) groups excluding carboxylic acids is 12. The lowest BCUT2D eigenvalue weighted by Crippen LogP contribution is -2.68. The first-order chi connectivity index (χ1) is 48.7. The first kappa shape index (κ1) is 82.1. The van der Waals surface area contributed by atoms with Crippen LogP contribution in [0.15, 0.2) is 12.2 Å². The molecule has 15 atom stereocenters. The fourth-order valence-electron chi connectivity index (χ4n) is 16.8. The van der Waals surface area contributed by atoms with Crippen molar-refractivity contribution < 1.29 is 75.4 Å². The highest BCUT2D eigenvalue weighted by atomic mass is 35.5. The van der Waals surface area contributed by atoms with Crippen LogP contribution in [0, 0.1) is 35.5 Å². The van der Waals surface area contributed by atoms with Crippen molar-refractivity contribution in [1.29, 1.82) is 0 Å². The molecule has 5 unspecified atom stereocenters. The van der Waals surface area contributed by atoms with Gasteiger partial charge in [-0.05, 0) is 145 Å². The van der Waals surface area contributed by atoms with Gasteiger partial charge in [0, 0.05) is 82.5 Å². The monoisotopic (exact) mass is 1470 g/mol. The van der Waals surface area contributed by atoms with Crippen molar-refractivity contribution in [2.45, 2.75) is 259 Å². The molecule has 2 bridgehead atoms. The number of hydrogen-bond acceptors (Lipinski definition) is 13. The van der Waals surface area contributed by atoms with Gasteiger partial charge >= 0.3 is 0 Å². The molecule has 103 heavy (non-hydrogen) atoms. The van der Waals surface area contributed by atoms with E-state index in [2.05, 4.69) is 16.0 Å². The highest BCUT2D eigenvalue weighted by Crippen LogP contribution is 2.41. The van der Waals surface area contributed by atoms with Gasteiger partial charge in [-0.3, -0.25) is 57.5 Å². The number of likely N-dealkylation sites (N-methyl/N-ethyl adjacent to an activating group) is 7. The van der Waals surface area contributed by atoms with Gasteiger partial charge in [-0.1, -0.05) is 65.0 Å². The Morgan fingerprint density at radius 3 is 1.93 bits per heavy atom. The molecule has 0 aromatic rings. The third-order valence-corrected chi connectivity index (χ3v) is 24.5. The lowest BCUT2D eigenvalue weighted by Gasteiger charge is -2.46. The van der Waals surface area contributed by atoms with Crippen LogP contribution in [0.4, 0.5) is 13.2 Å². The number of alkyl halides is 4. The van der Waals surface area contributed by atoms with E-state index < -0.39 is 192 Å². The van der Waals surface area contributed by atoms with Crippen LogP contribution in [0.25, 0.3) is 0 Å². The zero-order chi connectivity index (χ0) is 75.6. The number of amides is 12. The van der Waals surface area contributed by atoms with E-state index in [1.54, 1.807) is 19.9 Å². The van der Waals surface area contributed by atoms with Crippen molar-refractivity contribution in [3.63, 3.8) is 0 Å². The van der Waals surface area contributed by atoms with Gasteiger partial charge in [-0.15, -0.1) is 11.6 Å². The van der Waals surface area contributed by atoms with Crippen LogP contribution in [-0.4, -0.2) is 288 Å². The van der Waals surface area contributed by atoms with Gasteiger partial charge in [-0.2, -0.15) is 0 Å². The van der Waals surface area contributed by atoms with Gasteiger partial charge in [0.1, 0.15) is 72.4 Å². The summed E-state index contributed by atoms with van der Waals surface area (Å²) in [7, 11) is 11.5. The standard InChI is InChI=1S/C74H116ClF3N12O13/c1-13-43(3)63-71(100)84(8)42-61(93)85(9)54-23-16-15-19-32-89(70(54)99)58(37-48-27-28-49(76)33-44(48)4)69(98)83(7)41-59(91)79-53(29-26-46-34-51(77)62(75)52(78)35-46)67(96)90-40-50(103-14-2)38-56(90)66(95)81-74(30-20-31-74)73(102)88(12)64(47-21-17-18-22-47)72(101)87(11)57(68(97)82(5)6)39-60(92)86(10)55(65(94)80-63)36-45-24-25-45/h15-16,43-58,62-64H,13-14,17-42H2,1-12H3,(H,79,91)(H,80,94)(H,81,95)/b16-15-/t43-,44?,46?,48?,49?,50+,51?,52?,53-,54-,55-,56-,57-,58-,62?,63-,64-/m0/s1. The molecular formula is C74H116ClF3N12O13. The molecule has 25 nitrogen and oxygen atoms in total. The molecule has 12 amide bonds. The molecule has 2 saturated heterocycles. The van der Waals surface area contributed by atoms with Crippen molar-refractivity contribution in [1.82, 2.24) is 60.0 Å². The Bertz CT molecular complexity index is 3090. The third kappa shape index (κ3) is 19.7. The summed E-state index contributed by atoms with van der Waals surface area (Å²) in [6, 6.07) is -10.2. The van der Waals surface area contributed by atoms with E-state index in [9.17, 15) is 28.8 Å². The number of nitrogens with zero attached hydrogens (tertiary/aromatic N) is 9. The van der Waals surface area contributed by atoms with Crippen LogP contribution in [0.5, 0.6) is 0 Å². The Morgan fingerprint density at radius 2 is 1.33 bits per heavy atom. The second-order valence-electron chi connectivity index (χ2n) is 31.5. The Hall–Kier alpha value is -6.58. The Balaban J connectivity index is 1.19. The Kier molecular flexibility index (Phi) is 28.8. The normalized spacial score (nSPS) is 34.0. The Morgan fingerprint density at radius 1 is 0.670 bits per heavy atom. The van der Waals surface area contributed by atoms with Crippen molar-refractivity contribution in [3.8, 4) is 0 Å². The summed E-state index contributed by atoms with van der Waals surface area (Å²) in [5.74, 6) is -9.96. The van der Waals surface area contributed by atoms with Crippen LogP contribution >= 0.6 is 11.6 Å². The molecular weight excluding hydrogens is 1360 g/mol. The van der Waals surface area contributed by atoms with Crippen LogP contribution in [-0.2, 0) is 62.3 Å². The van der Waals surface area contributed by atoms with E-state index in [1.165, 1.54) is 95.6 Å². The zero-order valence-corrected chi connectivity index (χ0v) is 63.5. The number of rotatable bonds is 13. The molecule has 8 aliphatic rings. The minimum absolute atomic E-state index is 0.00181. The second kappa shape index (κ2) is 36.1. The number of halogens is 4. The molecule has 3 heterocycles. The summed E-state index contributed by atoms with van der Waals surface area (Å²) < 4.78 is 51.7. The molecule has 578 valence electrons. The first-order valence-corrected chi connectivity index (χ1v) is 38.3. The van der Waals surface area contributed by atoms with Crippen molar-refractivity contribution in [2.24, 2.45) is 35.5 Å². The molecule has 5 aliphatic carbocycles. The van der Waals surface area contributed by atoms with Crippen molar-refractivity contribution in [3.05, 3.63) is 12.2 Å². The predicted molar refractivity (Wildman–Crippen MR) is 379 cm³/mol. The summed E-state index contributed by atoms with van der Waals surface area (Å²) in [5, 5.41) is 7.40. The fraction of sp³-hybridized carbons (Fsp3) is 0.811. The summed E-state index contributed by atoms with van der Waals surface area (Å²) >= 11 is 6.11. The molecule has 3 N–H and O–H groups in total. The fourth-order valence-corrected chi connectivity index (χ4v) is 17.0. The van der Waals surface area contributed by atoms with Gasteiger partial charge in [0.25, 0.3) is 0 Å². The average molecular weight is 1470 g/mol. The van der Waals surface area contributed by atoms with Gasteiger partial charge in [0.15, 0.2) is 0 Å². The largest absolute Gasteiger partial charge is 0.377 e. The van der Waals surface area contributed by atoms with E-state index in [-0.39, 0.29) is 114 Å². The second-order valence-corrected chi connectivity index (χ2v) is 32.0. The van der Waals surface area contributed by atoms with E-state index >= 15 is 41.9 Å². The smallest absolute Gasteiger partial charge is 0.248 e. The lowest BCUT2D eigenvalue weighted by atomic mass is 9.74. The molecule has 0 radical (unpaired) electrons. The van der Waals surface area contributed by atoms with E-state index in [0.29, 0.717) is 38.5 Å². The van der Waals surface area contributed by atoms with Crippen LogP contribution in [0.3, 0.4) is 0 Å². The van der Waals surface area contributed by atoms with Crippen molar-refractivity contribution in [2.75, 3.05) is 89.2 Å². The molecule has 5 saturated carbocycles. The molecule has 8 rings (SSSR count). The highest BCUT2D eigenvalue weighted by Gasteiger charge is 2.54. The van der Waals surface area contributed by atoms with Crippen LogP contribution < -0.4 is 16.0 Å². The van der Waals surface area contributed by atoms with E-state index in [4.69, 9.17) is 16.3 Å². The summed E-state index contributed by atoms with van der Waals surface area (Å²) in [6.45, 7) is 6.06. The van der Waals surface area contributed by atoms with E-state index in [0.717, 1.165) is 30.6 Å². The first-order valence-electron chi connectivity index (χ1n) is 37.8. The number of fused-ring (bicyclic) bond motifs is 3. The SMILES string of the molecule is CCO[C@@H]1C[C@H]2C(=O)NC3(CCC3)C(=O)N(C)[C@@H](C3CCCC3)C(=O)N(C)[C@H](C(=O)N(C)C)CC(=O)N(C)[C@@H](CC3CC3)C(=O)N[C@@H]([C@@H](C)CC)C(=O)N(C)CC(=O)N(C)[C@H]3C/C=C\CCN(C3=O)[C@@H](CC3CCC(F)CC3C)C(=O)N(C)CC(=O)N[C@@H](CCC3CC(F)C(Cl)C(F)C3)C(=O)N2C1. The maximum Gasteiger partial charge on any atom is 0.248 e. The summed E-state index contributed by atoms with van der Waals surface area (Å²) in [6.07, 6.45) is 4.13. The number of ether oxygens (including phenoxy) is 1. The molecule has 7 fully saturated rings. The minimum atomic E-state index is -1.70. The molecule has 0 aromatic carbocycles. The third-order valence-electron chi connectivity index (χ3n) is 23.9. The predicted octanol–water partition coefficient (Wildman–Crippen LogP) is 4.94. The van der Waals surface area contributed by atoms with Crippen LogP contribution in [0.2, 0.25) is 0 Å². The summed E-state index contributed by atoms with van der Waals surface area (Å²) in [5.41, 5.74) is -1.58. The van der Waals surface area contributed by atoms with Gasteiger partial charge in [-0.25, -0.2) is 13.2 Å². The van der Waals surface area contributed by atoms with Gasteiger partial charge < -0.3 is 64.8 Å². The minimum Gasteiger partial charge on any atom is -0.377 e. The topological polar surface area (TPSA) is 279 Å². The number of hydrogen-bond donors (Lipinski definition) is 3. The zero-order valence-electron chi connectivity index (χ0n) is 62.8. The lowest BCUT2D eigenvalue weighted by molar-refractivity contribution is -0.158. The molecule has 3 aliphatic heterocycles. The Labute approximate surface area is 611 Å². The maximum absolute atomic E-state index is 15.5. The quantitative estimate of drug-likeness (QED) is 0.163. The molecule has 29 heteroatoms. The van der Waals surface area contributed by atoms with Crippen LogP contribution in [0.1, 0.15) is 175 Å². The van der Waals surface area contributed by atoms with Gasteiger partial charge in [0.2, 0.25) is 70.9 Å². The number of nitrogens with one attached hydrogen (secondary N) is 3. The maximum atomic E-state index is 15.5. The van der Waals surface area contributed by atoms with Crippen molar-refractivity contribution >= 4 is 82.5 Å². The van der Waals surface area contributed by atoms with Gasteiger partial charge in [0.05, 0.1) is 31.0 Å². The highest BCUT2D eigenvalue weighted by molar-refractivity contribution is 6.21.